The van der Waals surface area contributed by atoms with E-state index in [1.54, 1.807) is 18.9 Å². The molecule has 0 fully saturated rings. The van der Waals surface area contributed by atoms with Gasteiger partial charge in [0.15, 0.2) is 0 Å². The predicted octanol–water partition coefficient (Wildman–Crippen LogP) is 2.70. The lowest BCUT2D eigenvalue weighted by Crippen LogP contribution is -2.15. The van der Waals surface area contributed by atoms with Crippen molar-refractivity contribution >= 4 is 11.8 Å². The minimum absolute atomic E-state index is 0.260. The minimum Gasteiger partial charge on any atom is -0.497 e. The lowest BCUT2D eigenvalue weighted by molar-refractivity contribution is 0.196. The summed E-state index contributed by atoms with van der Waals surface area (Å²) in [4.78, 5) is 0. The first kappa shape index (κ1) is 12.4. The first-order valence-electron chi connectivity index (χ1n) is 5.06. The zero-order chi connectivity index (χ0) is 11.3. The molecule has 2 atom stereocenters. The van der Waals surface area contributed by atoms with Gasteiger partial charge in [0.25, 0.3) is 0 Å². The number of benzene rings is 1. The molecule has 0 aliphatic carbocycles. The first-order valence-corrected chi connectivity index (χ1v) is 6.11. The lowest BCUT2D eigenvalue weighted by Gasteiger charge is -2.14. The van der Waals surface area contributed by atoms with E-state index in [9.17, 15) is 5.11 Å². The fourth-order valence-corrected chi connectivity index (χ4v) is 2.04. The van der Waals surface area contributed by atoms with E-state index in [1.165, 1.54) is 5.56 Å². The Balaban J connectivity index is 2.50. The number of ether oxygens (including phenoxy) is 1. The van der Waals surface area contributed by atoms with Crippen LogP contribution in [0.3, 0.4) is 0 Å². The van der Waals surface area contributed by atoms with Crippen molar-refractivity contribution in [3.05, 3.63) is 29.8 Å². The van der Waals surface area contributed by atoms with Crippen molar-refractivity contribution in [1.29, 1.82) is 0 Å². The molecule has 0 aliphatic heterocycles. The second kappa shape index (κ2) is 6.03. The number of hydrogen-bond donors (Lipinski definition) is 1. The predicted molar refractivity (Wildman–Crippen MR) is 65.4 cm³/mol. The molecule has 1 N–H and O–H groups in total. The highest BCUT2D eigenvalue weighted by atomic mass is 32.2. The normalized spacial score (nSPS) is 14.7. The van der Waals surface area contributed by atoms with Crippen molar-refractivity contribution in [3.8, 4) is 5.75 Å². The summed E-state index contributed by atoms with van der Waals surface area (Å²) >= 11 is 1.75. The smallest absolute Gasteiger partial charge is 0.119 e. The monoisotopic (exact) mass is 226 g/mol. The summed E-state index contributed by atoms with van der Waals surface area (Å²) in [6, 6.07) is 8.03. The van der Waals surface area contributed by atoms with Gasteiger partial charge in [-0.15, -0.1) is 0 Å². The summed E-state index contributed by atoms with van der Waals surface area (Å²) in [5.74, 6) is 1.79. The van der Waals surface area contributed by atoms with Crippen LogP contribution in [-0.4, -0.2) is 23.6 Å². The van der Waals surface area contributed by atoms with Crippen molar-refractivity contribution in [2.24, 2.45) is 0 Å². The molecular weight excluding hydrogens is 208 g/mol. The molecule has 1 aromatic carbocycles. The molecule has 0 amide bonds. The molecule has 0 radical (unpaired) electrons. The van der Waals surface area contributed by atoms with Crippen molar-refractivity contribution in [1.82, 2.24) is 0 Å². The van der Waals surface area contributed by atoms with Crippen LogP contribution in [0.1, 0.15) is 19.4 Å². The maximum Gasteiger partial charge on any atom is 0.119 e. The molecule has 0 saturated heterocycles. The van der Waals surface area contributed by atoms with Crippen LogP contribution in [0.2, 0.25) is 0 Å². The Morgan fingerprint density at radius 2 is 2.13 bits per heavy atom. The van der Waals surface area contributed by atoms with Gasteiger partial charge in [0.1, 0.15) is 5.75 Å². The second-order valence-electron chi connectivity index (χ2n) is 3.61. The summed E-state index contributed by atoms with van der Waals surface area (Å²) in [7, 11) is 1.67. The Morgan fingerprint density at radius 3 is 2.73 bits per heavy atom. The summed E-state index contributed by atoms with van der Waals surface area (Å²) in [6.07, 6.45) is -0.263. The van der Waals surface area contributed by atoms with Crippen LogP contribution in [0.15, 0.2) is 24.3 Å². The van der Waals surface area contributed by atoms with E-state index >= 15 is 0 Å². The summed E-state index contributed by atoms with van der Waals surface area (Å²) < 4.78 is 5.15. The molecule has 0 aromatic heterocycles. The molecule has 15 heavy (non-hydrogen) atoms. The Labute approximate surface area is 95.7 Å². The Morgan fingerprint density at radius 1 is 1.40 bits per heavy atom. The molecule has 3 heteroatoms. The quantitative estimate of drug-likeness (QED) is 0.837. The average Bonchev–Trinajstić information content (AvgIpc) is 2.26. The molecule has 0 aliphatic rings. The molecule has 84 valence electrons. The van der Waals surface area contributed by atoms with Gasteiger partial charge in [-0.3, -0.25) is 0 Å². The van der Waals surface area contributed by atoms with Crippen LogP contribution < -0.4 is 4.74 Å². The Hall–Kier alpha value is -0.670. The van der Waals surface area contributed by atoms with Gasteiger partial charge in [0.2, 0.25) is 0 Å². The van der Waals surface area contributed by atoms with Crippen LogP contribution in [0.25, 0.3) is 0 Å². The highest BCUT2D eigenvalue weighted by Crippen LogP contribution is 2.22. The molecule has 0 bridgehead atoms. The molecule has 0 unspecified atom stereocenters. The number of rotatable bonds is 5. The van der Waals surface area contributed by atoms with E-state index in [0.29, 0.717) is 0 Å². The molecule has 0 spiro atoms. The zero-order valence-electron chi connectivity index (χ0n) is 9.43. The molecule has 2 nitrogen and oxygen atoms in total. The Bertz CT molecular complexity index is 299. The Kier molecular flexibility index (Phi) is 4.99. The van der Waals surface area contributed by atoms with Gasteiger partial charge < -0.3 is 9.84 Å². The highest BCUT2D eigenvalue weighted by Gasteiger charge is 2.09. The van der Waals surface area contributed by atoms with Gasteiger partial charge in [-0.2, -0.15) is 11.8 Å². The van der Waals surface area contributed by atoms with Gasteiger partial charge in [-0.25, -0.2) is 0 Å². The van der Waals surface area contributed by atoms with E-state index in [2.05, 4.69) is 6.07 Å². The maximum atomic E-state index is 9.35. The van der Waals surface area contributed by atoms with Gasteiger partial charge in [0, 0.05) is 11.0 Å². The molecule has 1 aromatic rings. The van der Waals surface area contributed by atoms with E-state index in [-0.39, 0.29) is 11.4 Å². The van der Waals surface area contributed by atoms with Crippen LogP contribution in [0, 0.1) is 0 Å². The van der Waals surface area contributed by atoms with E-state index in [4.69, 9.17) is 4.74 Å². The number of aliphatic hydroxyl groups is 1. The third-order valence-electron chi connectivity index (χ3n) is 2.33. The number of methoxy groups -OCH3 is 1. The fraction of sp³-hybridized carbons (Fsp3) is 0.500. The largest absolute Gasteiger partial charge is 0.497 e. The van der Waals surface area contributed by atoms with Crippen molar-refractivity contribution < 1.29 is 9.84 Å². The summed E-state index contributed by atoms with van der Waals surface area (Å²) in [5, 5.41) is 9.61. The van der Waals surface area contributed by atoms with E-state index in [1.807, 2.05) is 32.0 Å². The highest BCUT2D eigenvalue weighted by molar-refractivity contribution is 7.99. The maximum absolute atomic E-state index is 9.35. The van der Waals surface area contributed by atoms with Gasteiger partial charge >= 0.3 is 0 Å². The summed E-state index contributed by atoms with van der Waals surface area (Å²) in [6.45, 7) is 3.86. The number of hydrogen-bond acceptors (Lipinski definition) is 3. The molecule has 0 saturated carbocycles. The van der Waals surface area contributed by atoms with Gasteiger partial charge in [-0.1, -0.05) is 19.1 Å². The molecule has 0 heterocycles. The van der Waals surface area contributed by atoms with E-state index < -0.39 is 0 Å². The SMILES string of the molecule is COc1cccc(CS[C@@H](C)[C@@H](C)O)c1. The van der Waals surface area contributed by atoms with Crippen LogP contribution in [-0.2, 0) is 5.75 Å². The third-order valence-corrected chi connectivity index (χ3v) is 3.75. The van der Waals surface area contributed by atoms with Crippen LogP contribution in [0.4, 0.5) is 0 Å². The second-order valence-corrected chi connectivity index (χ2v) is 4.97. The molecule has 1 rings (SSSR count). The minimum atomic E-state index is -0.263. The lowest BCUT2D eigenvalue weighted by atomic mass is 10.2. The van der Waals surface area contributed by atoms with Gasteiger partial charge in [-0.05, 0) is 24.6 Å². The van der Waals surface area contributed by atoms with Gasteiger partial charge in [0.05, 0.1) is 13.2 Å². The molecular formula is C12H18O2S. The van der Waals surface area contributed by atoms with Crippen molar-refractivity contribution in [2.75, 3.05) is 7.11 Å². The summed E-state index contributed by atoms with van der Waals surface area (Å²) in [5.41, 5.74) is 1.23. The fourth-order valence-electron chi connectivity index (χ4n) is 1.13. The number of thioether (sulfide) groups is 1. The van der Waals surface area contributed by atoms with Crippen LogP contribution >= 0.6 is 11.8 Å². The average molecular weight is 226 g/mol. The van der Waals surface area contributed by atoms with Crippen LogP contribution in [0.5, 0.6) is 5.75 Å². The number of aliphatic hydroxyl groups excluding tert-OH is 1. The van der Waals surface area contributed by atoms with Crippen molar-refractivity contribution in [2.45, 2.75) is 31.0 Å². The first-order chi connectivity index (χ1) is 7.13. The standard InChI is InChI=1S/C12H18O2S/c1-9(13)10(2)15-8-11-5-4-6-12(7-11)14-3/h4-7,9-10,13H,8H2,1-3H3/t9-,10+/m1/s1. The third kappa shape index (κ3) is 4.14. The van der Waals surface area contributed by atoms with Crippen molar-refractivity contribution in [3.63, 3.8) is 0 Å². The topological polar surface area (TPSA) is 29.5 Å². The van der Waals surface area contributed by atoms with E-state index in [0.717, 1.165) is 11.5 Å². The zero-order valence-corrected chi connectivity index (χ0v) is 10.3.